The molecule has 1 aromatic rings. The fraction of sp³-hybridized carbons (Fsp3) is 0.500. The standard InChI is InChI=1S/C12H20N2O/c1-4-10-9-11(14(2)8-7-13)5-6-12(10)15-3/h5-6,9H,4,7-8,13H2,1-3H3. The molecule has 0 aliphatic carbocycles. The molecule has 0 aromatic heterocycles. The largest absolute Gasteiger partial charge is 0.496 e. The van der Waals surface area contributed by atoms with Crippen molar-refractivity contribution in [2.24, 2.45) is 5.73 Å². The average molecular weight is 208 g/mol. The van der Waals surface area contributed by atoms with Crippen LogP contribution in [0.25, 0.3) is 0 Å². The minimum atomic E-state index is 0.671. The lowest BCUT2D eigenvalue weighted by Crippen LogP contribution is -2.24. The first-order valence-corrected chi connectivity index (χ1v) is 5.31. The third-order valence-electron chi connectivity index (χ3n) is 2.55. The molecule has 3 heteroatoms. The van der Waals surface area contributed by atoms with E-state index in [1.807, 2.05) is 13.1 Å². The summed E-state index contributed by atoms with van der Waals surface area (Å²) < 4.78 is 5.29. The molecule has 0 bridgehead atoms. The van der Waals surface area contributed by atoms with Gasteiger partial charge >= 0.3 is 0 Å². The number of nitrogens with two attached hydrogens (primary N) is 1. The highest BCUT2D eigenvalue weighted by Gasteiger charge is 2.05. The van der Waals surface area contributed by atoms with Gasteiger partial charge in [-0.05, 0) is 30.2 Å². The summed E-state index contributed by atoms with van der Waals surface area (Å²) in [7, 11) is 3.76. The van der Waals surface area contributed by atoms with Crippen LogP contribution in [0.3, 0.4) is 0 Å². The van der Waals surface area contributed by atoms with Crippen LogP contribution in [0.2, 0.25) is 0 Å². The van der Waals surface area contributed by atoms with Crippen LogP contribution >= 0.6 is 0 Å². The maximum Gasteiger partial charge on any atom is 0.122 e. The molecule has 15 heavy (non-hydrogen) atoms. The first kappa shape index (κ1) is 11.9. The van der Waals surface area contributed by atoms with Crippen LogP contribution in [0.15, 0.2) is 18.2 Å². The van der Waals surface area contributed by atoms with Gasteiger partial charge in [-0.25, -0.2) is 0 Å². The lowest BCUT2D eigenvalue weighted by atomic mass is 10.1. The summed E-state index contributed by atoms with van der Waals surface area (Å²) in [6.45, 7) is 3.67. The molecular formula is C12H20N2O. The van der Waals surface area contributed by atoms with E-state index >= 15 is 0 Å². The topological polar surface area (TPSA) is 38.5 Å². The monoisotopic (exact) mass is 208 g/mol. The number of hydrogen-bond donors (Lipinski definition) is 1. The molecule has 3 nitrogen and oxygen atoms in total. The van der Waals surface area contributed by atoms with E-state index in [0.717, 1.165) is 18.7 Å². The predicted molar refractivity (Wildman–Crippen MR) is 64.7 cm³/mol. The van der Waals surface area contributed by atoms with Crippen molar-refractivity contribution in [1.29, 1.82) is 0 Å². The van der Waals surface area contributed by atoms with Gasteiger partial charge in [0.05, 0.1) is 7.11 Å². The van der Waals surface area contributed by atoms with Crippen molar-refractivity contribution in [3.05, 3.63) is 23.8 Å². The number of anilines is 1. The number of methoxy groups -OCH3 is 1. The van der Waals surface area contributed by atoms with Crippen LogP contribution in [0.5, 0.6) is 5.75 Å². The van der Waals surface area contributed by atoms with Gasteiger partial charge in [0.2, 0.25) is 0 Å². The Balaban J connectivity index is 2.92. The Kier molecular flexibility index (Phi) is 4.43. The maximum atomic E-state index is 5.53. The molecule has 0 heterocycles. The van der Waals surface area contributed by atoms with E-state index in [1.54, 1.807) is 7.11 Å². The zero-order valence-corrected chi connectivity index (χ0v) is 9.79. The van der Waals surface area contributed by atoms with E-state index in [4.69, 9.17) is 10.5 Å². The van der Waals surface area contributed by atoms with Gasteiger partial charge in [-0.1, -0.05) is 6.92 Å². The molecule has 0 aliphatic heterocycles. The summed E-state index contributed by atoms with van der Waals surface area (Å²) >= 11 is 0. The number of ether oxygens (including phenoxy) is 1. The fourth-order valence-corrected chi connectivity index (χ4v) is 1.60. The van der Waals surface area contributed by atoms with Crippen molar-refractivity contribution in [2.75, 3.05) is 32.1 Å². The highest BCUT2D eigenvalue weighted by atomic mass is 16.5. The molecule has 0 radical (unpaired) electrons. The maximum absolute atomic E-state index is 5.53. The minimum absolute atomic E-state index is 0.671. The Morgan fingerprint density at radius 3 is 2.67 bits per heavy atom. The molecule has 1 aromatic carbocycles. The van der Waals surface area contributed by atoms with Crippen LogP contribution in [0.1, 0.15) is 12.5 Å². The predicted octanol–water partition coefficient (Wildman–Crippen LogP) is 1.65. The summed E-state index contributed by atoms with van der Waals surface area (Å²) in [6, 6.07) is 6.24. The van der Waals surface area contributed by atoms with Crippen LogP contribution in [-0.4, -0.2) is 27.2 Å². The number of rotatable bonds is 5. The van der Waals surface area contributed by atoms with Crippen molar-refractivity contribution in [3.63, 3.8) is 0 Å². The van der Waals surface area contributed by atoms with E-state index < -0.39 is 0 Å². The van der Waals surface area contributed by atoms with E-state index in [-0.39, 0.29) is 0 Å². The molecule has 1 rings (SSSR count). The van der Waals surface area contributed by atoms with E-state index in [2.05, 4.69) is 24.0 Å². The molecule has 0 saturated carbocycles. The Morgan fingerprint density at radius 2 is 2.13 bits per heavy atom. The third kappa shape index (κ3) is 2.86. The van der Waals surface area contributed by atoms with Gasteiger partial charge in [0.25, 0.3) is 0 Å². The SMILES string of the molecule is CCc1cc(N(C)CCN)ccc1OC. The van der Waals surface area contributed by atoms with Gasteiger partial charge < -0.3 is 15.4 Å². The van der Waals surface area contributed by atoms with Crippen LogP contribution < -0.4 is 15.4 Å². The first-order chi connectivity index (χ1) is 7.22. The molecule has 0 amide bonds. The summed E-state index contributed by atoms with van der Waals surface area (Å²) in [5, 5.41) is 0. The summed E-state index contributed by atoms with van der Waals surface area (Å²) in [6.07, 6.45) is 0.980. The fourth-order valence-electron chi connectivity index (χ4n) is 1.60. The lowest BCUT2D eigenvalue weighted by Gasteiger charge is -2.19. The molecule has 0 aliphatic rings. The van der Waals surface area contributed by atoms with Crippen molar-refractivity contribution in [3.8, 4) is 5.75 Å². The van der Waals surface area contributed by atoms with Crippen molar-refractivity contribution >= 4 is 5.69 Å². The zero-order chi connectivity index (χ0) is 11.3. The molecule has 0 saturated heterocycles. The van der Waals surface area contributed by atoms with Gasteiger partial charge in [-0.3, -0.25) is 0 Å². The van der Waals surface area contributed by atoms with Gasteiger partial charge in [-0.2, -0.15) is 0 Å². The normalized spacial score (nSPS) is 10.1. The van der Waals surface area contributed by atoms with Crippen molar-refractivity contribution < 1.29 is 4.74 Å². The first-order valence-electron chi connectivity index (χ1n) is 5.31. The van der Waals surface area contributed by atoms with Crippen molar-refractivity contribution in [2.45, 2.75) is 13.3 Å². The number of benzene rings is 1. The van der Waals surface area contributed by atoms with Crippen LogP contribution in [0, 0.1) is 0 Å². The molecule has 0 unspecified atom stereocenters. The van der Waals surface area contributed by atoms with Crippen molar-refractivity contribution in [1.82, 2.24) is 0 Å². The highest BCUT2D eigenvalue weighted by Crippen LogP contribution is 2.24. The number of likely N-dealkylation sites (N-methyl/N-ethyl adjacent to an activating group) is 1. The Bertz CT molecular complexity index is 312. The molecular weight excluding hydrogens is 188 g/mol. The second-order valence-electron chi connectivity index (χ2n) is 3.56. The van der Waals surface area contributed by atoms with Gasteiger partial charge in [0.1, 0.15) is 5.75 Å². The summed E-state index contributed by atoms with van der Waals surface area (Å²) in [5.74, 6) is 0.961. The summed E-state index contributed by atoms with van der Waals surface area (Å²) in [5.41, 5.74) is 7.95. The van der Waals surface area contributed by atoms with Crippen LogP contribution in [-0.2, 0) is 6.42 Å². The van der Waals surface area contributed by atoms with Gasteiger partial charge in [0.15, 0.2) is 0 Å². The summed E-state index contributed by atoms with van der Waals surface area (Å²) in [4.78, 5) is 2.15. The van der Waals surface area contributed by atoms with Crippen LogP contribution in [0.4, 0.5) is 5.69 Å². The minimum Gasteiger partial charge on any atom is -0.496 e. The lowest BCUT2D eigenvalue weighted by molar-refractivity contribution is 0.410. The molecule has 0 spiro atoms. The number of nitrogens with zero attached hydrogens (tertiary/aromatic N) is 1. The van der Waals surface area contributed by atoms with E-state index in [1.165, 1.54) is 11.3 Å². The second-order valence-corrected chi connectivity index (χ2v) is 3.56. The number of aryl methyl sites for hydroxylation is 1. The molecule has 84 valence electrons. The van der Waals surface area contributed by atoms with Gasteiger partial charge in [0, 0.05) is 25.8 Å². The highest BCUT2D eigenvalue weighted by molar-refractivity contribution is 5.52. The quantitative estimate of drug-likeness (QED) is 0.799. The molecule has 0 fully saturated rings. The molecule has 0 atom stereocenters. The van der Waals surface area contributed by atoms with E-state index in [9.17, 15) is 0 Å². The Hall–Kier alpha value is -1.22. The number of hydrogen-bond acceptors (Lipinski definition) is 3. The average Bonchev–Trinajstić information content (AvgIpc) is 2.28. The molecule has 2 N–H and O–H groups in total. The Labute approximate surface area is 91.8 Å². The van der Waals surface area contributed by atoms with E-state index in [0.29, 0.717) is 6.54 Å². The Morgan fingerprint density at radius 1 is 1.40 bits per heavy atom. The van der Waals surface area contributed by atoms with Gasteiger partial charge in [-0.15, -0.1) is 0 Å². The zero-order valence-electron chi connectivity index (χ0n) is 9.79. The second kappa shape index (κ2) is 5.61. The smallest absolute Gasteiger partial charge is 0.122 e. The third-order valence-corrected chi connectivity index (χ3v) is 2.55.